The zero-order valence-electron chi connectivity index (χ0n) is 38.1. The first kappa shape index (κ1) is 48.3. The Hall–Kier alpha value is -4.17. The summed E-state index contributed by atoms with van der Waals surface area (Å²) in [4.78, 5) is 66.7. The molecule has 4 fully saturated rings. The summed E-state index contributed by atoms with van der Waals surface area (Å²) in [6, 6.07) is 6.70. The van der Waals surface area contributed by atoms with Gasteiger partial charge in [0.1, 0.15) is 46.1 Å². The first-order valence-electron chi connectivity index (χ1n) is 23.4. The third kappa shape index (κ3) is 10.3. The van der Waals surface area contributed by atoms with Gasteiger partial charge in [-0.05, 0) is 95.4 Å². The van der Waals surface area contributed by atoms with E-state index in [0.717, 1.165) is 57.4 Å². The summed E-state index contributed by atoms with van der Waals surface area (Å²) in [5, 5.41) is 5.30. The van der Waals surface area contributed by atoms with Crippen molar-refractivity contribution in [2.24, 2.45) is 11.8 Å². The molecule has 6 atom stereocenters. The second kappa shape index (κ2) is 20.2. The molecule has 2 saturated carbocycles. The minimum Gasteiger partial charge on any atom is -0.495 e. The minimum absolute atomic E-state index is 0.0153. The number of rotatable bonds is 12. The van der Waals surface area contributed by atoms with Crippen molar-refractivity contribution in [1.29, 1.82) is 0 Å². The molecule has 4 aromatic rings. The maximum absolute atomic E-state index is 15.4. The zero-order valence-corrected chi connectivity index (χ0v) is 40.6. The Morgan fingerprint density at radius 1 is 1.00 bits per heavy atom. The van der Waals surface area contributed by atoms with Crippen LogP contribution in [0.5, 0.6) is 11.5 Å². The molecule has 2 aliphatic heterocycles. The van der Waals surface area contributed by atoms with Crippen LogP contribution in [0.1, 0.15) is 121 Å². The summed E-state index contributed by atoms with van der Waals surface area (Å²) in [7, 11) is -2.95. The number of Topliss-reactive ketones (excluding diaryl/α,β-unsaturated/α-hetero) is 1. The molecule has 0 radical (unpaired) electrons. The van der Waals surface area contributed by atoms with Crippen molar-refractivity contribution >= 4 is 64.0 Å². The number of aromatic nitrogens is 2. The van der Waals surface area contributed by atoms with Crippen molar-refractivity contribution in [3.63, 3.8) is 0 Å². The molecule has 66 heavy (non-hydrogen) atoms. The van der Waals surface area contributed by atoms with E-state index in [0.29, 0.717) is 58.2 Å². The van der Waals surface area contributed by atoms with E-state index in [1.54, 1.807) is 18.2 Å². The van der Waals surface area contributed by atoms with Crippen LogP contribution in [0.3, 0.4) is 0 Å². The fourth-order valence-corrected chi connectivity index (χ4v) is 14.1. The Bertz CT molecular complexity index is 2520. The standard InChI is InChI=1S/C49H60ClF2N4O8PS/c1-28(2)53-48-55-38(27-66-48)37-22-42(34-17-19-41(62-4)44(50)46(34)54-37)63-33-21-39-40(57)24-49(65(60,61)26-35-36(51)18-16-29(3)45(35)52)23-31(49)13-9-7-5-6-8-12-30(47(59)56(39)25-33)20-43(58)64-32-14-10-11-15-32/h16-19,22,27-28,30-33,39H,5-15,20-21,23-26H2,1-4H3,(H,53,55)(H,60,61)/t30-,31-,33-,39+,49-/m1/s1. The number of ketones is 1. The van der Waals surface area contributed by atoms with E-state index in [2.05, 4.69) is 5.32 Å². The SMILES string of the molecule is COc1ccc2c(O[C@@H]3C[C@H]4C(=O)C[C@]5(P(=O)(O)Cc6c(F)ccc(C)c6F)C[C@H]5CCCCCCC[C@H](CC(=O)OC5CCCC5)C(=O)N4C3)cc(-c3csc(NC(C)C)n3)nc2c1Cl. The van der Waals surface area contributed by atoms with Gasteiger partial charge in [-0.25, -0.2) is 18.7 Å². The number of ether oxygens (including phenoxy) is 3. The lowest BCUT2D eigenvalue weighted by molar-refractivity contribution is -0.154. The molecule has 12 nitrogen and oxygen atoms in total. The van der Waals surface area contributed by atoms with Crippen LogP contribution in [-0.2, 0) is 29.8 Å². The average molecular weight is 970 g/mol. The summed E-state index contributed by atoms with van der Waals surface area (Å²) >= 11 is 8.32. The van der Waals surface area contributed by atoms with E-state index in [1.807, 2.05) is 19.2 Å². The molecular weight excluding hydrogens is 909 g/mol. The number of pyridine rings is 1. The number of nitrogens with zero attached hydrogens (tertiary/aromatic N) is 3. The van der Waals surface area contributed by atoms with E-state index >= 15 is 18.4 Å². The number of nitrogens with one attached hydrogen (secondary N) is 1. The fourth-order valence-electron chi connectivity index (χ4n) is 10.4. The smallest absolute Gasteiger partial charge is 0.306 e. The van der Waals surface area contributed by atoms with Crippen LogP contribution in [0.4, 0.5) is 13.9 Å². The maximum atomic E-state index is 15.4. The van der Waals surface area contributed by atoms with E-state index < -0.39 is 65.7 Å². The lowest BCUT2D eigenvalue weighted by atomic mass is 9.94. The van der Waals surface area contributed by atoms with Crippen LogP contribution in [0, 0.1) is 30.4 Å². The van der Waals surface area contributed by atoms with Gasteiger partial charge in [-0.2, -0.15) is 0 Å². The number of methoxy groups -OCH3 is 1. The van der Waals surface area contributed by atoms with Gasteiger partial charge in [-0.1, -0.05) is 49.8 Å². The van der Waals surface area contributed by atoms with Gasteiger partial charge >= 0.3 is 5.97 Å². The van der Waals surface area contributed by atoms with E-state index in [4.69, 9.17) is 35.8 Å². The van der Waals surface area contributed by atoms with E-state index in [-0.39, 0.29) is 66.8 Å². The highest BCUT2D eigenvalue weighted by molar-refractivity contribution is 7.59. The van der Waals surface area contributed by atoms with Gasteiger partial charge in [0.2, 0.25) is 13.3 Å². The maximum Gasteiger partial charge on any atom is 0.306 e. The quantitative estimate of drug-likeness (QED) is 0.103. The number of thiazole rings is 1. The highest BCUT2D eigenvalue weighted by Crippen LogP contribution is 2.75. The number of carbonyl (C=O) groups excluding carboxylic acids is 3. The lowest BCUT2D eigenvalue weighted by Crippen LogP contribution is -2.45. The van der Waals surface area contributed by atoms with Gasteiger partial charge in [0.15, 0.2) is 10.9 Å². The van der Waals surface area contributed by atoms with Crippen molar-refractivity contribution in [2.75, 3.05) is 19.0 Å². The number of hydrogen-bond donors (Lipinski definition) is 2. The summed E-state index contributed by atoms with van der Waals surface area (Å²) in [5.41, 5.74) is 1.14. The Morgan fingerprint density at radius 2 is 1.73 bits per heavy atom. The Morgan fingerprint density at radius 3 is 2.47 bits per heavy atom. The number of esters is 1. The van der Waals surface area contributed by atoms with Crippen molar-refractivity contribution in [1.82, 2.24) is 14.9 Å². The fraction of sp³-hybridized carbons (Fsp3) is 0.571. The molecule has 2 saturated heterocycles. The molecule has 8 rings (SSSR count). The van der Waals surface area contributed by atoms with Crippen LogP contribution in [0.2, 0.25) is 5.02 Å². The van der Waals surface area contributed by atoms with Gasteiger partial charge in [0, 0.05) is 47.2 Å². The zero-order chi connectivity index (χ0) is 46.9. The number of carbonyl (C=O) groups is 3. The third-order valence-electron chi connectivity index (χ3n) is 14.1. The molecule has 2 aliphatic carbocycles. The van der Waals surface area contributed by atoms with Crippen molar-refractivity contribution in [3.8, 4) is 22.9 Å². The number of amides is 1. The third-order valence-corrected chi connectivity index (χ3v) is 18.0. The van der Waals surface area contributed by atoms with E-state index in [1.165, 1.54) is 36.3 Å². The number of halogens is 3. The summed E-state index contributed by atoms with van der Waals surface area (Å²) in [6.07, 6.45) is 6.62. The number of fused-ring (bicyclic) bond motifs is 3. The highest BCUT2D eigenvalue weighted by atomic mass is 35.5. The summed E-state index contributed by atoms with van der Waals surface area (Å²) in [5.74, 6) is -3.34. The minimum atomic E-state index is -4.46. The first-order valence-corrected chi connectivity index (χ1v) is 26.5. The van der Waals surface area contributed by atoms with Crippen molar-refractivity contribution in [2.45, 2.75) is 153 Å². The molecule has 4 heterocycles. The number of aryl methyl sites for hydroxylation is 1. The molecule has 2 aromatic carbocycles. The van der Waals surface area contributed by atoms with Crippen molar-refractivity contribution in [3.05, 3.63) is 63.5 Å². The Balaban J connectivity index is 1.15. The van der Waals surface area contributed by atoms with Crippen LogP contribution in [0.25, 0.3) is 22.3 Å². The van der Waals surface area contributed by atoms with Gasteiger partial charge in [0.05, 0.1) is 48.6 Å². The number of hydrogen-bond acceptors (Lipinski definition) is 11. The van der Waals surface area contributed by atoms with Crippen LogP contribution >= 0.6 is 30.3 Å². The second-order valence-electron chi connectivity index (χ2n) is 19.1. The first-order chi connectivity index (χ1) is 31.6. The van der Waals surface area contributed by atoms with Crippen LogP contribution in [0.15, 0.2) is 35.7 Å². The molecule has 17 heteroatoms. The summed E-state index contributed by atoms with van der Waals surface area (Å²) in [6.45, 7) is 5.49. The van der Waals surface area contributed by atoms with Gasteiger partial charge in [-0.15, -0.1) is 11.3 Å². The molecule has 1 amide bonds. The van der Waals surface area contributed by atoms with Crippen molar-refractivity contribution < 1.29 is 46.8 Å². The van der Waals surface area contributed by atoms with Crippen LogP contribution in [-0.4, -0.2) is 80.5 Å². The largest absolute Gasteiger partial charge is 0.495 e. The Labute approximate surface area is 394 Å². The molecular formula is C49H60ClF2N4O8PS. The number of anilines is 1. The molecule has 2 N–H and O–H groups in total. The van der Waals surface area contributed by atoms with Gasteiger partial charge in [-0.3, -0.25) is 18.9 Å². The molecule has 4 aliphatic rings. The molecule has 356 valence electrons. The summed E-state index contributed by atoms with van der Waals surface area (Å²) < 4.78 is 63.5. The monoisotopic (exact) mass is 968 g/mol. The molecule has 2 aromatic heterocycles. The lowest BCUT2D eigenvalue weighted by Gasteiger charge is -2.30. The molecule has 1 unspecified atom stereocenters. The average Bonchev–Trinajstić information content (AvgIpc) is 3.69. The van der Waals surface area contributed by atoms with Crippen LogP contribution < -0.4 is 14.8 Å². The second-order valence-corrected chi connectivity index (χ2v) is 23.0. The molecule has 0 bridgehead atoms. The van der Waals surface area contributed by atoms with Gasteiger partial charge < -0.3 is 29.3 Å². The molecule has 0 spiro atoms. The normalized spacial score (nSPS) is 25.2. The topological polar surface area (TPSA) is 157 Å². The number of benzene rings is 2. The van der Waals surface area contributed by atoms with Gasteiger partial charge in [0.25, 0.3) is 0 Å². The van der Waals surface area contributed by atoms with E-state index in [9.17, 15) is 14.3 Å². The Kier molecular flexibility index (Phi) is 14.8. The predicted octanol–water partition coefficient (Wildman–Crippen LogP) is 11.2. The predicted molar refractivity (Wildman–Crippen MR) is 252 cm³/mol. The highest BCUT2D eigenvalue weighted by Gasteiger charge is 2.66.